The van der Waals surface area contributed by atoms with Crippen LogP contribution in [0.15, 0.2) is 30.3 Å². The number of rotatable bonds is 3. The number of nitrogens with two attached hydrogens (primary N) is 1. The molecular formula is C15H18N4O. The van der Waals surface area contributed by atoms with Crippen molar-refractivity contribution in [3.8, 4) is 0 Å². The van der Waals surface area contributed by atoms with Crippen LogP contribution in [0, 0.1) is 0 Å². The first-order valence-corrected chi connectivity index (χ1v) is 6.89. The summed E-state index contributed by atoms with van der Waals surface area (Å²) in [6.45, 7) is 4.42. The van der Waals surface area contributed by atoms with Gasteiger partial charge >= 0.3 is 0 Å². The number of nitrogens with zero attached hydrogens (tertiary/aromatic N) is 3. The van der Waals surface area contributed by atoms with E-state index in [1.807, 2.05) is 29.8 Å². The number of para-hydroxylation sites is 1. The number of aryl methyl sites for hydroxylation is 1. The van der Waals surface area contributed by atoms with Gasteiger partial charge in [-0.15, -0.1) is 0 Å². The van der Waals surface area contributed by atoms with Crippen LogP contribution in [0.25, 0.3) is 0 Å². The Labute approximate surface area is 118 Å². The van der Waals surface area contributed by atoms with Crippen molar-refractivity contribution in [2.24, 2.45) is 5.73 Å². The van der Waals surface area contributed by atoms with Crippen LogP contribution in [0.3, 0.4) is 0 Å². The summed E-state index contributed by atoms with van der Waals surface area (Å²) in [7, 11) is 0. The first kappa shape index (κ1) is 12.7. The first-order valence-electron chi connectivity index (χ1n) is 6.89. The molecule has 3 rings (SSSR count). The summed E-state index contributed by atoms with van der Waals surface area (Å²) >= 11 is 0. The van der Waals surface area contributed by atoms with E-state index in [-0.39, 0.29) is 0 Å². The number of hydrogen-bond acceptors (Lipinski definition) is 3. The molecule has 20 heavy (non-hydrogen) atoms. The molecule has 1 aliphatic rings. The number of primary amides is 1. The fourth-order valence-electron chi connectivity index (χ4n) is 2.81. The number of benzene rings is 1. The van der Waals surface area contributed by atoms with E-state index in [0.29, 0.717) is 12.2 Å². The van der Waals surface area contributed by atoms with E-state index in [1.165, 1.54) is 0 Å². The molecule has 0 unspecified atom stereocenters. The molecule has 0 atom stereocenters. The Morgan fingerprint density at radius 2 is 2.10 bits per heavy atom. The molecule has 5 heteroatoms. The summed E-state index contributed by atoms with van der Waals surface area (Å²) in [4.78, 5) is 13.8. The number of carbonyl (C=O) groups excluding carboxylic acids is 1. The van der Waals surface area contributed by atoms with Crippen molar-refractivity contribution in [3.05, 3.63) is 47.3 Å². The molecule has 2 N–H and O–H groups in total. The van der Waals surface area contributed by atoms with Crippen molar-refractivity contribution < 1.29 is 4.79 Å². The molecule has 0 saturated heterocycles. The normalized spacial score (nSPS) is 14.2. The van der Waals surface area contributed by atoms with E-state index < -0.39 is 5.91 Å². The predicted octanol–water partition coefficient (Wildman–Crippen LogP) is 1.56. The molecule has 0 fully saturated rings. The Hall–Kier alpha value is -2.30. The molecule has 1 aromatic heterocycles. The molecular weight excluding hydrogens is 252 g/mol. The molecule has 2 heterocycles. The summed E-state index contributed by atoms with van der Waals surface area (Å²) in [5.74, 6) is -0.441. The fourth-order valence-corrected chi connectivity index (χ4v) is 2.81. The molecule has 0 saturated carbocycles. The third-order valence-corrected chi connectivity index (χ3v) is 3.79. The van der Waals surface area contributed by atoms with E-state index >= 15 is 0 Å². The SMILES string of the molecule is CCn1nc(C(N)=O)c2c1CCN(c1ccccc1)C2. The van der Waals surface area contributed by atoms with Gasteiger partial charge in [0.15, 0.2) is 5.69 Å². The first-order chi connectivity index (χ1) is 9.70. The van der Waals surface area contributed by atoms with Crippen molar-refractivity contribution in [2.45, 2.75) is 26.4 Å². The topological polar surface area (TPSA) is 64.2 Å². The number of anilines is 1. The lowest BCUT2D eigenvalue weighted by Crippen LogP contribution is -2.31. The van der Waals surface area contributed by atoms with Gasteiger partial charge in [0, 0.05) is 43.0 Å². The second kappa shape index (κ2) is 5.00. The summed E-state index contributed by atoms with van der Waals surface area (Å²) in [6.07, 6.45) is 0.887. The van der Waals surface area contributed by atoms with Crippen LogP contribution in [0.5, 0.6) is 0 Å². The maximum Gasteiger partial charge on any atom is 0.269 e. The monoisotopic (exact) mass is 270 g/mol. The molecule has 0 spiro atoms. The fraction of sp³-hybridized carbons (Fsp3) is 0.333. The molecule has 1 amide bonds. The lowest BCUT2D eigenvalue weighted by atomic mass is 10.0. The molecule has 1 aliphatic heterocycles. The Balaban J connectivity index is 1.98. The average Bonchev–Trinajstić information content (AvgIpc) is 2.86. The summed E-state index contributed by atoms with van der Waals surface area (Å²) in [6, 6.07) is 10.2. The highest BCUT2D eigenvalue weighted by atomic mass is 16.1. The summed E-state index contributed by atoms with van der Waals surface area (Å²) in [5, 5.41) is 4.35. The largest absolute Gasteiger partial charge is 0.367 e. The quantitative estimate of drug-likeness (QED) is 0.920. The van der Waals surface area contributed by atoms with E-state index in [2.05, 4.69) is 22.1 Å². The standard InChI is InChI=1S/C15H18N4O/c1-2-19-13-8-9-18(11-6-4-3-5-7-11)10-12(13)14(17-19)15(16)20/h3-7H,2,8-10H2,1H3,(H2,16,20). The minimum atomic E-state index is -0.441. The lowest BCUT2D eigenvalue weighted by molar-refractivity contribution is 0.0994. The summed E-state index contributed by atoms with van der Waals surface area (Å²) < 4.78 is 1.90. The molecule has 1 aromatic carbocycles. The van der Waals surface area contributed by atoms with Crippen LogP contribution in [0.1, 0.15) is 28.7 Å². The smallest absolute Gasteiger partial charge is 0.269 e. The second-order valence-electron chi connectivity index (χ2n) is 4.96. The third-order valence-electron chi connectivity index (χ3n) is 3.79. The second-order valence-corrected chi connectivity index (χ2v) is 4.96. The highest BCUT2D eigenvalue weighted by molar-refractivity contribution is 5.92. The molecule has 5 nitrogen and oxygen atoms in total. The van der Waals surface area contributed by atoms with Crippen LogP contribution in [0.2, 0.25) is 0 Å². The van der Waals surface area contributed by atoms with Crippen LogP contribution in [-0.4, -0.2) is 22.2 Å². The van der Waals surface area contributed by atoms with E-state index in [9.17, 15) is 4.79 Å². The van der Waals surface area contributed by atoms with Crippen molar-refractivity contribution in [1.29, 1.82) is 0 Å². The molecule has 2 aromatic rings. The zero-order valence-corrected chi connectivity index (χ0v) is 11.5. The maximum absolute atomic E-state index is 11.6. The van der Waals surface area contributed by atoms with Crippen molar-refractivity contribution >= 4 is 11.6 Å². The van der Waals surface area contributed by atoms with Crippen molar-refractivity contribution in [3.63, 3.8) is 0 Å². The zero-order chi connectivity index (χ0) is 14.1. The van der Waals surface area contributed by atoms with Crippen LogP contribution < -0.4 is 10.6 Å². The number of aromatic nitrogens is 2. The third kappa shape index (κ3) is 2.05. The Morgan fingerprint density at radius 1 is 1.35 bits per heavy atom. The van der Waals surface area contributed by atoms with Gasteiger partial charge in [0.1, 0.15) is 0 Å². The van der Waals surface area contributed by atoms with Gasteiger partial charge in [-0.1, -0.05) is 18.2 Å². The van der Waals surface area contributed by atoms with Gasteiger partial charge < -0.3 is 10.6 Å². The Kier molecular flexibility index (Phi) is 3.18. The van der Waals surface area contributed by atoms with Crippen LogP contribution in [0.4, 0.5) is 5.69 Å². The number of hydrogen-bond donors (Lipinski definition) is 1. The molecule has 0 aliphatic carbocycles. The van der Waals surface area contributed by atoms with Gasteiger partial charge in [0.25, 0.3) is 5.91 Å². The predicted molar refractivity (Wildman–Crippen MR) is 77.6 cm³/mol. The summed E-state index contributed by atoms with van der Waals surface area (Å²) in [5.41, 5.74) is 9.17. The van der Waals surface area contributed by atoms with Crippen molar-refractivity contribution in [1.82, 2.24) is 9.78 Å². The number of carbonyl (C=O) groups is 1. The van der Waals surface area contributed by atoms with E-state index in [1.54, 1.807) is 0 Å². The minimum absolute atomic E-state index is 0.419. The van der Waals surface area contributed by atoms with E-state index in [0.717, 1.165) is 36.5 Å². The molecule has 0 bridgehead atoms. The van der Waals surface area contributed by atoms with Gasteiger partial charge in [-0.3, -0.25) is 9.48 Å². The minimum Gasteiger partial charge on any atom is -0.367 e. The van der Waals surface area contributed by atoms with Crippen LogP contribution >= 0.6 is 0 Å². The number of amides is 1. The van der Waals surface area contributed by atoms with Gasteiger partial charge in [0.2, 0.25) is 0 Å². The molecule has 0 radical (unpaired) electrons. The maximum atomic E-state index is 11.6. The van der Waals surface area contributed by atoms with Gasteiger partial charge in [-0.2, -0.15) is 5.10 Å². The van der Waals surface area contributed by atoms with E-state index in [4.69, 9.17) is 5.73 Å². The van der Waals surface area contributed by atoms with Crippen molar-refractivity contribution in [2.75, 3.05) is 11.4 Å². The Morgan fingerprint density at radius 3 is 2.75 bits per heavy atom. The van der Waals surface area contributed by atoms with Gasteiger partial charge in [-0.25, -0.2) is 0 Å². The lowest BCUT2D eigenvalue weighted by Gasteiger charge is -2.29. The molecule has 104 valence electrons. The average molecular weight is 270 g/mol. The van der Waals surface area contributed by atoms with Gasteiger partial charge in [0.05, 0.1) is 0 Å². The highest BCUT2D eigenvalue weighted by Crippen LogP contribution is 2.26. The number of fused-ring (bicyclic) bond motifs is 1. The Bertz CT molecular complexity index is 633. The highest BCUT2D eigenvalue weighted by Gasteiger charge is 2.26. The van der Waals surface area contributed by atoms with Crippen LogP contribution in [-0.2, 0) is 19.5 Å². The van der Waals surface area contributed by atoms with Gasteiger partial charge in [-0.05, 0) is 19.1 Å². The zero-order valence-electron chi connectivity index (χ0n) is 11.5.